The van der Waals surface area contributed by atoms with Gasteiger partial charge < -0.3 is 0 Å². The van der Waals surface area contributed by atoms with Crippen molar-refractivity contribution in [2.45, 2.75) is 19.3 Å². The molecule has 0 N–H and O–H groups in total. The van der Waals surface area contributed by atoms with Crippen molar-refractivity contribution >= 4 is 27.5 Å². The predicted octanol–water partition coefficient (Wildman–Crippen LogP) is 3.63. The molecule has 2 rings (SSSR count). The van der Waals surface area contributed by atoms with Gasteiger partial charge in [-0.3, -0.25) is 0 Å². The zero-order valence-corrected chi connectivity index (χ0v) is 11.0. The third-order valence-electron chi connectivity index (χ3n) is 2.46. The average Bonchev–Trinajstić information content (AvgIpc) is 2.67. The van der Waals surface area contributed by atoms with Gasteiger partial charge in [-0.25, -0.2) is 4.98 Å². The van der Waals surface area contributed by atoms with E-state index in [2.05, 4.69) is 51.3 Å². The molecule has 4 heteroatoms. The third kappa shape index (κ3) is 2.11. The first-order valence-electron chi connectivity index (χ1n) is 4.66. The Kier molecular flexibility index (Phi) is 2.89. The molecule has 0 saturated heterocycles. The maximum Gasteiger partial charge on any atom is 0.179 e. The predicted molar refractivity (Wildman–Crippen MR) is 66.2 cm³/mol. The minimum atomic E-state index is -0.135. The van der Waals surface area contributed by atoms with E-state index in [0.29, 0.717) is 0 Å². The molecule has 0 aliphatic carbocycles. The fourth-order valence-corrected chi connectivity index (χ4v) is 2.39. The molecule has 1 aromatic heterocycles. The molecule has 1 heterocycles. The minimum absolute atomic E-state index is 0.135. The van der Waals surface area contributed by atoms with Gasteiger partial charge in [-0.2, -0.15) is 4.37 Å². The molecule has 78 valence electrons. The first-order chi connectivity index (χ1) is 7.10. The molecular formula is C11H11BrN2S. The van der Waals surface area contributed by atoms with Crippen LogP contribution in [-0.2, 0) is 5.41 Å². The molecule has 0 aliphatic rings. The highest BCUT2D eigenvalue weighted by atomic mass is 79.9. The van der Waals surface area contributed by atoms with Crippen LogP contribution in [0.1, 0.15) is 25.2 Å². The smallest absolute Gasteiger partial charge is 0.179 e. The summed E-state index contributed by atoms with van der Waals surface area (Å²) in [5.41, 5.74) is 1.10. The van der Waals surface area contributed by atoms with Gasteiger partial charge in [0.1, 0.15) is 0 Å². The van der Waals surface area contributed by atoms with Gasteiger partial charge in [0.05, 0.1) is 5.41 Å². The van der Waals surface area contributed by atoms with Gasteiger partial charge in [-0.15, -0.1) is 0 Å². The lowest BCUT2D eigenvalue weighted by Gasteiger charge is -2.21. The monoisotopic (exact) mass is 282 g/mol. The quantitative estimate of drug-likeness (QED) is 0.841. The summed E-state index contributed by atoms with van der Waals surface area (Å²) in [5.74, 6) is 0.866. The Labute approximate surface area is 102 Å². The maximum atomic E-state index is 4.38. The van der Waals surface area contributed by atoms with Crippen molar-refractivity contribution in [2.24, 2.45) is 0 Å². The number of aromatic nitrogens is 2. The van der Waals surface area contributed by atoms with E-state index in [1.807, 2.05) is 18.2 Å². The first-order valence-corrected chi connectivity index (χ1v) is 6.22. The van der Waals surface area contributed by atoms with Gasteiger partial charge in [0.25, 0.3) is 0 Å². The van der Waals surface area contributed by atoms with Crippen LogP contribution in [0.15, 0.2) is 34.2 Å². The Morgan fingerprint density at radius 1 is 1.20 bits per heavy atom. The summed E-state index contributed by atoms with van der Waals surface area (Å²) in [6.07, 6.45) is 0. The topological polar surface area (TPSA) is 25.8 Å². The average molecular weight is 283 g/mol. The van der Waals surface area contributed by atoms with Gasteiger partial charge in [-0.1, -0.05) is 30.3 Å². The second-order valence-electron chi connectivity index (χ2n) is 3.86. The Bertz CT molecular complexity index is 451. The van der Waals surface area contributed by atoms with Crippen LogP contribution in [-0.4, -0.2) is 9.36 Å². The zero-order chi connectivity index (χ0) is 10.9. The summed E-state index contributed by atoms with van der Waals surface area (Å²) in [4.78, 5) is 4.38. The third-order valence-corrected chi connectivity index (χ3v) is 3.57. The van der Waals surface area contributed by atoms with Crippen LogP contribution in [0.5, 0.6) is 0 Å². The van der Waals surface area contributed by atoms with Crippen LogP contribution in [0.2, 0.25) is 0 Å². The van der Waals surface area contributed by atoms with Gasteiger partial charge in [-0.05, 0) is 46.9 Å². The Morgan fingerprint density at radius 2 is 1.87 bits per heavy atom. The number of hydrogen-bond acceptors (Lipinski definition) is 3. The highest BCUT2D eigenvalue weighted by molar-refractivity contribution is 9.11. The van der Waals surface area contributed by atoms with E-state index >= 15 is 0 Å². The van der Waals surface area contributed by atoms with Crippen LogP contribution < -0.4 is 0 Å². The molecule has 0 fully saturated rings. The fraction of sp³-hybridized carbons (Fsp3) is 0.273. The molecule has 0 atom stereocenters. The van der Waals surface area contributed by atoms with E-state index in [4.69, 9.17) is 0 Å². The molecule has 2 aromatic rings. The van der Waals surface area contributed by atoms with E-state index < -0.39 is 0 Å². The normalized spacial score (nSPS) is 11.7. The van der Waals surface area contributed by atoms with E-state index in [0.717, 1.165) is 9.74 Å². The van der Waals surface area contributed by atoms with Crippen LogP contribution in [0.4, 0.5) is 0 Å². The standard InChI is InChI=1S/C11H11BrN2S/c1-11(2,8-6-4-3-5-7-8)9-13-10(12)15-14-9/h3-7H,1-2H3. The summed E-state index contributed by atoms with van der Waals surface area (Å²) in [6.45, 7) is 4.27. The van der Waals surface area contributed by atoms with E-state index in [9.17, 15) is 0 Å². The van der Waals surface area contributed by atoms with Crippen molar-refractivity contribution in [3.05, 3.63) is 45.6 Å². The van der Waals surface area contributed by atoms with E-state index in [1.165, 1.54) is 17.1 Å². The number of rotatable bonds is 2. The molecule has 0 unspecified atom stereocenters. The van der Waals surface area contributed by atoms with Crippen molar-refractivity contribution < 1.29 is 0 Å². The van der Waals surface area contributed by atoms with Gasteiger partial charge >= 0.3 is 0 Å². The first kappa shape index (κ1) is 10.8. The molecule has 0 aliphatic heterocycles. The minimum Gasteiger partial charge on any atom is -0.212 e. The molecule has 0 saturated carbocycles. The number of nitrogens with zero attached hydrogens (tertiary/aromatic N) is 2. The van der Waals surface area contributed by atoms with Crippen LogP contribution >= 0.6 is 27.5 Å². The lowest BCUT2D eigenvalue weighted by Crippen LogP contribution is -2.20. The largest absolute Gasteiger partial charge is 0.212 e. The Morgan fingerprint density at radius 3 is 2.40 bits per heavy atom. The Balaban J connectivity index is 2.43. The van der Waals surface area contributed by atoms with Crippen LogP contribution in [0.25, 0.3) is 0 Å². The molecule has 1 aromatic carbocycles. The molecular weight excluding hydrogens is 272 g/mol. The molecule has 0 bridgehead atoms. The number of halogens is 1. The second kappa shape index (κ2) is 4.02. The van der Waals surface area contributed by atoms with Crippen molar-refractivity contribution in [3.63, 3.8) is 0 Å². The SMILES string of the molecule is CC(C)(c1ccccc1)c1nsc(Br)n1. The fourth-order valence-electron chi connectivity index (χ4n) is 1.44. The zero-order valence-electron chi connectivity index (χ0n) is 8.57. The summed E-state index contributed by atoms with van der Waals surface area (Å²) < 4.78 is 5.18. The molecule has 15 heavy (non-hydrogen) atoms. The van der Waals surface area contributed by atoms with Crippen molar-refractivity contribution in [1.82, 2.24) is 9.36 Å². The number of benzene rings is 1. The number of hydrogen-bond donors (Lipinski definition) is 0. The molecule has 2 nitrogen and oxygen atoms in total. The lowest BCUT2D eigenvalue weighted by atomic mass is 9.84. The van der Waals surface area contributed by atoms with E-state index in [-0.39, 0.29) is 5.41 Å². The summed E-state index contributed by atoms with van der Waals surface area (Å²) in [6, 6.07) is 10.3. The maximum absolute atomic E-state index is 4.38. The highest BCUT2D eigenvalue weighted by Gasteiger charge is 2.27. The van der Waals surface area contributed by atoms with Crippen molar-refractivity contribution in [3.8, 4) is 0 Å². The second-order valence-corrected chi connectivity index (χ2v) is 5.89. The van der Waals surface area contributed by atoms with Gasteiger partial charge in [0.15, 0.2) is 9.74 Å². The highest BCUT2D eigenvalue weighted by Crippen LogP contribution is 2.30. The van der Waals surface area contributed by atoms with Crippen molar-refractivity contribution in [2.75, 3.05) is 0 Å². The van der Waals surface area contributed by atoms with E-state index in [1.54, 1.807) is 0 Å². The molecule has 0 radical (unpaired) electrons. The lowest BCUT2D eigenvalue weighted by molar-refractivity contribution is 0.600. The summed E-state index contributed by atoms with van der Waals surface area (Å²) in [7, 11) is 0. The Hall–Kier alpha value is -0.740. The summed E-state index contributed by atoms with van der Waals surface area (Å²) in [5, 5.41) is 0. The van der Waals surface area contributed by atoms with Gasteiger partial charge in [0.2, 0.25) is 0 Å². The molecule has 0 amide bonds. The van der Waals surface area contributed by atoms with Crippen LogP contribution in [0, 0.1) is 0 Å². The van der Waals surface area contributed by atoms with Gasteiger partial charge in [0, 0.05) is 0 Å². The van der Waals surface area contributed by atoms with Crippen LogP contribution in [0.3, 0.4) is 0 Å². The summed E-state index contributed by atoms with van der Waals surface area (Å²) >= 11 is 4.72. The van der Waals surface area contributed by atoms with Crippen molar-refractivity contribution in [1.29, 1.82) is 0 Å². The molecule has 0 spiro atoms.